The highest BCUT2D eigenvalue weighted by Crippen LogP contribution is 2.21. The quantitative estimate of drug-likeness (QED) is 0.746. The number of hydrogen-bond acceptors (Lipinski definition) is 3. The largest absolute Gasteiger partial charge is 0.351 e. The summed E-state index contributed by atoms with van der Waals surface area (Å²) in [5.74, 6) is -0.210. The SMILES string of the molecule is CCNS(=O)(=O)c1ccc(C(=O)NCC(C)(C)Cc2ccccc2)cc1. The van der Waals surface area contributed by atoms with Gasteiger partial charge in [-0.3, -0.25) is 4.79 Å². The van der Waals surface area contributed by atoms with Crippen molar-refractivity contribution in [3.63, 3.8) is 0 Å². The second-order valence-electron chi connectivity index (χ2n) is 7.03. The minimum absolute atomic E-state index is 0.0919. The van der Waals surface area contributed by atoms with Crippen LogP contribution in [0.25, 0.3) is 0 Å². The minimum Gasteiger partial charge on any atom is -0.351 e. The van der Waals surface area contributed by atoms with Crippen LogP contribution in [0, 0.1) is 5.41 Å². The zero-order valence-electron chi connectivity index (χ0n) is 15.5. The van der Waals surface area contributed by atoms with Gasteiger partial charge in [0.2, 0.25) is 10.0 Å². The van der Waals surface area contributed by atoms with Crippen LogP contribution in [-0.2, 0) is 16.4 Å². The highest BCUT2D eigenvalue weighted by atomic mass is 32.2. The van der Waals surface area contributed by atoms with Gasteiger partial charge < -0.3 is 5.32 Å². The molecule has 0 aliphatic heterocycles. The molecular formula is C20H26N2O3S. The molecule has 0 fully saturated rings. The predicted molar refractivity (Wildman–Crippen MR) is 104 cm³/mol. The number of hydrogen-bond donors (Lipinski definition) is 2. The molecule has 140 valence electrons. The summed E-state index contributed by atoms with van der Waals surface area (Å²) in [7, 11) is -3.50. The van der Waals surface area contributed by atoms with Crippen LogP contribution in [0.3, 0.4) is 0 Å². The minimum atomic E-state index is -3.50. The lowest BCUT2D eigenvalue weighted by Crippen LogP contribution is -2.35. The molecule has 0 saturated heterocycles. The third-order valence-electron chi connectivity index (χ3n) is 4.01. The number of benzene rings is 2. The molecule has 0 bridgehead atoms. The van der Waals surface area contributed by atoms with E-state index in [1.165, 1.54) is 29.8 Å². The molecule has 5 nitrogen and oxygen atoms in total. The lowest BCUT2D eigenvalue weighted by molar-refractivity contribution is 0.0936. The van der Waals surface area contributed by atoms with Gasteiger partial charge in [0, 0.05) is 18.7 Å². The number of carbonyl (C=O) groups excluding carboxylic acids is 1. The molecule has 2 rings (SSSR count). The van der Waals surface area contributed by atoms with E-state index in [-0.39, 0.29) is 16.2 Å². The van der Waals surface area contributed by atoms with Gasteiger partial charge >= 0.3 is 0 Å². The third kappa shape index (κ3) is 5.68. The Morgan fingerprint density at radius 1 is 1.00 bits per heavy atom. The summed E-state index contributed by atoms with van der Waals surface area (Å²) < 4.78 is 26.3. The van der Waals surface area contributed by atoms with Crippen molar-refractivity contribution in [3.05, 3.63) is 65.7 Å². The van der Waals surface area contributed by atoms with Crippen LogP contribution in [0.15, 0.2) is 59.5 Å². The van der Waals surface area contributed by atoms with Gasteiger partial charge in [0.25, 0.3) is 5.91 Å². The first kappa shape index (κ1) is 20.1. The molecule has 2 aromatic carbocycles. The average Bonchev–Trinajstić information content (AvgIpc) is 2.60. The Morgan fingerprint density at radius 2 is 1.62 bits per heavy atom. The lowest BCUT2D eigenvalue weighted by atomic mass is 9.85. The van der Waals surface area contributed by atoms with Gasteiger partial charge in [-0.1, -0.05) is 51.1 Å². The van der Waals surface area contributed by atoms with Gasteiger partial charge in [0.1, 0.15) is 0 Å². The first-order chi connectivity index (χ1) is 12.2. The normalized spacial score (nSPS) is 12.0. The van der Waals surface area contributed by atoms with E-state index in [4.69, 9.17) is 0 Å². The molecule has 0 saturated carbocycles. The predicted octanol–water partition coefficient (Wildman–Crippen LogP) is 2.98. The van der Waals surface area contributed by atoms with Crippen molar-refractivity contribution in [1.82, 2.24) is 10.0 Å². The molecule has 0 radical (unpaired) electrons. The lowest BCUT2D eigenvalue weighted by Gasteiger charge is -2.25. The van der Waals surface area contributed by atoms with E-state index in [9.17, 15) is 13.2 Å². The van der Waals surface area contributed by atoms with Crippen LogP contribution in [0.4, 0.5) is 0 Å². The van der Waals surface area contributed by atoms with Crippen molar-refractivity contribution in [1.29, 1.82) is 0 Å². The summed E-state index contributed by atoms with van der Waals surface area (Å²) in [6.45, 7) is 6.77. The Labute approximate surface area is 155 Å². The molecule has 0 aliphatic carbocycles. The molecule has 2 N–H and O–H groups in total. The zero-order valence-corrected chi connectivity index (χ0v) is 16.3. The van der Waals surface area contributed by atoms with Crippen molar-refractivity contribution in [3.8, 4) is 0 Å². The maximum atomic E-state index is 12.4. The van der Waals surface area contributed by atoms with Gasteiger partial charge in [0.15, 0.2) is 0 Å². The van der Waals surface area contributed by atoms with E-state index in [2.05, 4.69) is 36.0 Å². The van der Waals surface area contributed by atoms with Gasteiger partial charge in [-0.15, -0.1) is 0 Å². The Morgan fingerprint density at radius 3 is 2.19 bits per heavy atom. The van der Waals surface area contributed by atoms with E-state index >= 15 is 0 Å². The van der Waals surface area contributed by atoms with Crippen LogP contribution >= 0.6 is 0 Å². The van der Waals surface area contributed by atoms with Crippen molar-refractivity contribution in [2.45, 2.75) is 32.1 Å². The summed E-state index contributed by atoms with van der Waals surface area (Å²) in [4.78, 5) is 12.5. The number of rotatable bonds is 8. The smallest absolute Gasteiger partial charge is 0.251 e. The van der Waals surface area contributed by atoms with Gasteiger partial charge in [0.05, 0.1) is 4.90 Å². The number of carbonyl (C=O) groups is 1. The molecule has 0 unspecified atom stereocenters. The molecule has 26 heavy (non-hydrogen) atoms. The van der Waals surface area contributed by atoms with Gasteiger partial charge in [-0.25, -0.2) is 13.1 Å². The first-order valence-corrected chi connectivity index (χ1v) is 10.1. The van der Waals surface area contributed by atoms with E-state index in [0.29, 0.717) is 18.7 Å². The third-order valence-corrected chi connectivity index (χ3v) is 5.58. The van der Waals surface area contributed by atoms with Crippen molar-refractivity contribution >= 4 is 15.9 Å². The average molecular weight is 375 g/mol. The molecular weight excluding hydrogens is 348 g/mol. The summed E-state index contributed by atoms with van der Waals surface area (Å²) in [5, 5.41) is 2.94. The summed E-state index contributed by atoms with van der Waals surface area (Å²) in [5.41, 5.74) is 1.58. The molecule has 0 aliphatic rings. The van der Waals surface area contributed by atoms with Crippen molar-refractivity contribution < 1.29 is 13.2 Å². The van der Waals surface area contributed by atoms with Gasteiger partial charge in [-0.05, 0) is 41.7 Å². The molecule has 6 heteroatoms. The van der Waals surface area contributed by atoms with Gasteiger partial charge in [-0.2, -0.15) is 0 Å². The first-order valence-electron chi connectivity index (χ1n) is 8.65. The molecule has 0 spiro atoms. The number of nitrogens with one attached hydrogen (secondary N) is 2. The highest BCUT2D eigenvalue weighted by molar-refractivity contribution is 7.89. The van der Waals surface area contributed by atoms with Crippen LogP contribution in [-0.4, -0.2) is 27.4 Å². The summed E-state index contributed by atoms with van der Waals surface area (Å²) in [6, 6.07) is 16.1. The highest BCUT2D eigenvalue weighted by Gasteiger charge is 2.20. The molecule has 0 atom stereocenters. The number of sulfonamides is 1. The Hall–Kier alpha value is -2.18. The van der Waals surface area contributed by atoms with Crippen LogP contribution < -0.4 is 10.0 Å². The molecule has 1 amide bonds. The van der Waals surface area contributed by atoms with E-state index < -0.39 is 10.0 Å². The van der Waals surface area contributed by atoms with E-state index in [1.54, 1.807) is 6.92 Å². The molecule has 2 aromatic rings. The maximum absolute atomic E-state index is 12.4. The Bertz CT molecular complexity index is 829. The standard InChI is InChI=1S/C20H26N2O3S/c1-4-22-26(24,25)18-12-10-17(11-13-18)19(23)21-15-20(2,3)14-16-8-6-5-7-9-16/h5-13,22H,4,14-15H2,1-3H3,(H,21,23). The summed E-state index contributed by atoms with van der Waals surface area (Å²) >= 11 is 0. The van der Waals surface area contributed by atoms with Crippen LogP contribution in [0.1, 0.15) is 36.7 Å². The molecule has 0 heterocycles. The van der Waals surface area contributed by atoms with Crippen molar-refractivity contribution in [2.75, 3.05) is 13.1 Å². The fourth-order valence-corrected chi connectivity index (χ4v) is 3.73. The van der Waals surface area contributed by atoms with E-state index in [0.717, 1.165) is 6.42 Å². The zero-order chi connectivity index (χ0) is 19.2. The fourth-order valence-electron chi connectivity index (χ4n) is 2.69. The monoisotopic (exact) mass is 374 g/mol. The molecule has 0 aromatic heterocycles. The second-order valence-corrected chi connectivity index (χ2v) is 8.80. The maximum Gasteiger partial charge on any atom is 0.251 e. The Balaban J connectivity index is 1.97. The van der Waals surface area contributed by atoms with Crippen molar-refractivity contribution in [2.24, 2.45) is 5.41 Å². The topological polar surface area (TPSA) is 75.3 Å². The van der Waals surface area contributed by atoms with Crippen LogP contribution in [0.5, 0.6) is 0 Å². The number of amides is 1. The van der Waals surface area contributed by atoms with Crippen LogP contribution in [0.2, 0.25) is 0 Å². The van der Waals surface area contributed by atoms with E-state index in [1.807, 2.05) is 18.2 Å². The second kappa shape index (κ2) is 8.47. The fraction of sp³-hybridized carbons (Fsp3) is 0.350. The Kier molecular flexibility index (Phi) is 6.56. The summed E-state index contributed by atoms with van der Waals surface area (Å²) in [6.07, 6.45) is 0.855.